The molecule has 0 aromatic heterocycles. The Morgan fingerprint density at radius 2 is 0.966 bits per heavy atom. The molecule has 9 nitrogen and oxygen atoms in total. The molecule has 0 amide bonds. The van der Waals surface area contributed by atoms with E-state index in [0.717, 1.165) is 51.4 Å². The topological polar surface area (TPSA) is 135 Å². The maximum atomic E-state index is 12.7. The second-order valence-electron chi connectivity index (χ2n) is 16.9. The number of aliphatic hydroxyl groups excluding tert-OH is 4. The first-order valence-corrected chi connectivity index (χ1v) is 24.4. The SMILES string of the molecule is CCCC/C=C\CCCCCCCC(=O)OC(COCCCCCCCCCCCCCC/C=C\CCCCCCCCCC)COC1OC(CO)C(O)C(O)C1O. The van der Waals surface area contributed by atoms with Crippen molar-refractivity contribution in [2.45, 2.75) is 256 Å². The van der Waals surface area contributed by atoms with Crippen molar-refractivity contribution in [1.82, 2.24) is 0 Å². The summed E-state index contributed by atoms with van der Waals surface area (Å²) in [5.41, 5.74) is 0. The third-order valence-electron chi connectivity index (χ3n) is 11.3. The molecule has 1 fully saturated rings. The Hall–Kier alpha value is -1.33. The van der Waals surface area contributed by atoms with E-state index in [1.165, 1.54) is 148 Å². The number of rotatable bonds is 42. The Morgan fingerprint density at radius 1 is 0.534 bits per heavy atom. The number of esters is 1. The molecule has 1 heterocycles. The highest BCUT2D eigenvalue weighted by Gasteiger charge is 2.44. The number of aliphatic hydroxyl groups is 4. The molecule has 1 aliphatic rings. The van der Waals surface area contributed by atoms with Crippen molar-refractivity contribution in [3.63, 3.8) is 0 Å². The standard InChI is InChI=1S/C49H92O9/c1-3-5-7-9-11-13-15-16-17-18-19-20-21-22-23-24-25-26-27-29-31-33-35-37-39-55-41-43(42-56-49-48(54)47(53)46(52)44(40-50)58-49)57-45(51)38-36-34-32-30-28-14-12-10-8-6-4-2/h10,12,18-19,43-44,46-50,52-54H,3-9,11,13-17,20-42H2,1-2H3/b12-10-,19-18-. The van der Waals surface area contributed by atoms with E-state index in [9.17, 15) is 25.2 Å². The predicted octanol–water partition coefficient (Wildman–Crippen LogP) is 11.4. The summed E-state index contributed by atoms with van der Waals surface area (Å²) in [5.74, 6) is -0.322. The smallest absolute Gasteiger partial charge is 0.306 e. The average molecular weight is 825 g/mol. The summed E-state index contributed by atoms with van der Waals surface area (Å²) >= 11 is 0. The van der Waals surface area contributed by atoms with E-state index < -0.39 is 43.4 Å². The van der Waals surface area contributed by atoms with Crippen LogP contribution in [0.2, 0.25) is 0 Å². The number of hydrogen-bond acceptors (Lipinski definition) is 9. The Bertz CT molecular complexity index is 941. The van der Waals surface area contributed by atoms with Crippen molar-refractivity contribution in [3.8, 4) is 0 Å². The van der Waals surface area contributed by atoms with Crippen molar-refractivity contribution in [3.05, 3.63) is 24.3 Å². The quantitative estimate of drug-likeness (QED) is 0.0269. The first kappa shape index (κ1) is 54.7. The molecule has 0 radical (unpaired) electrons. The van der Waals surface area contributed by atoms with E-state index in [2.05, 4.69) is 38.2 Å². The zero-order valence-electron chi connectivity index (χ0n) is 37.6. The molecular formula is C49H92O9. The van der Waals surface area contributed by atoms with E-state index in [4.69, 9.17) is 18.9 Å². The van der Waals surface area contributed by atoms with E-state index in [1.54, 1.807) is 0 Å². The van der Waals surface area contributed by atoms with Gasteiger partial charge < -0.3 is 39.4 Å². The van der Waals surface area contributed by atoms with Gasteiger partial charge in [-0.1, -0.05) is 179 Å². The lowest BCUT2D eigenvalue weighted by Crippen LogP contribution is -2.59. The molecule has 0 spiro atoms. The van der Waals surface area contributed by atoms with Gasteiger partial charge in [-0.3, -0.25) is 4.79 Å². The number of allylic oxidation sites excluding steroid dienone is 4. The highest BCUT2D eigenvalue weighted by molar-refractivity contribution is 5.69. The van der Waals surface area contributed by atoms with Gasteiger partial charge in [-0.05, 0) is 57.8 Å². The molecule has 0 saturated carbocycles. The fourth-order valence-corrected chi connectivity index (χ4v) is 7.47. The highest BCUT2D eigenvalue weighted by Crippen LogP contribution is 2.23. The summed E-state index contributed by atoms with van der Waals surface area (Å²) in [5, 5.41) is 40.1. The van der Waals surface area contributed by atoms with Crippen molar-refractivity contribution in [2.24, 2.45) is 0 Å². The Balaban J connectivity index is 2.15. The minimum atomic E-state index is -1.54. The summed E-state index contributed by atoms with van der Waals surface area (Å²) in [6.07, 6.45) is 40.8. The molecule has 342 valence electrons. The van der Waals surface area contributed by atoms with Crippen molar-refractivity contribution in [1.29, 1.82) is 0 Å². The van der Waals surface area contributed by atoms with Crippen LogP contribution in [0.1, 0.15) is 219 Å². The monoisotopic (exact) mass is 825 g/mol. The lowest BCUT2D eigenvalue weighted by molar-refractivity contribution is -0.305. The molecule has 1 saturated heterocycles. The van der Waals surface area contributed by atoms with Crippen LogP contribution in [0, 0.1) is 0 Å². The van der Waals surface area contributed by atoms with Crippen LogP contribution in [0.4, 0.5) is 0 Å². The molecule has 9 heteroatoms. The van der Waals surface area contributed by atoms with Crippen molar-refractivity contribution >= 4 is 5.97 Å². The van der Waals surface area contributed by atoms with Gasteiger partial charge in [0, 0.05) is 13.0 Å². The van der Waals surface area contributed by atoms with Gasteiger partial charge >= 0.3 is 5.97 Å². The van der Waals surface area contributed by atoms with Crippen molar-refractivity contribution < 1.29 is 44.2 Å². The molecule has 0 bridgehead atoms. The van der Waals surface area contributed by atoms with E-state index in [1.807, 2.05) is 0 Å². The summed E-state index contributed by atoms with van der Waals surface area (Å²) in [7, 11) is 0. The first-order chi connectivity index (χ1) is 28.4. The Labute approximate surface area is 356 Å². The van der Waals surface area contributed by atoms with Crippen LogP contribution in [0.15, 0.2) is 24.3 Å². The van der Waals surface area contributed by atoms with Gasteiger partial charge in [0.05, 0.1) is 19.8 Å². The number of ether oxygens (including phenoxy) is 4. The summed E-state index contributed by atoms with van der Waals surface area (Å²) < 4.78 is 22.8. The molecule has 6 unspecified atom stereocenters. The van der Waals surface area contributed by atoms with E-state index in [0.29, 0.717) is 13.0 Å². The van der Waals surface area contributed by atoms with E-state index in [-0.39, 0.29) is 19.2 Å². The van der Waals surface area contributed by atoms with Crippen LogP contribution in [0.3, 0.4) is 0 Å². The van der Waals surface area contributed by atoms with Crippen LogP contribution in [0.5, 0.6) is 0 Å². The second kappa shape index (κ2) is 41.0. The largest absolute Gasteiger partial charge is 0.457 e. The minimum Gasteiger partial charge on any atom is -0.457 e. The Kier molecular flexibility index (Phi) is 38.7. The lowest BCUT2D eigenvalue weighted by Gasteiger charge is -2.39. The number of hydrogen-bond donors (Lipinski definition) is 4. The fraction of sp³-hybridized carbons (Fsp3) is 0.898. The normalized spacial score (nSPS) is 20.4. The summed E-state index contributed by atoms with van der Waals surface area (Å²) in [6.45, 7) is 4.53. The molecule has 4 N–H and O–H groups in total. The van der Waals surface area contributed by atoms with Crippen molar-refractivity contribution in [2.75, 3.05) is 26.4 Å². The molecule has 58 heavy (non-hydrogen) atoms. The lowest BCUT2D eigenvalue weighted by atomic mass is 9.99. The summed E-state index contributed by atoms with van der Waals surface area (Å²) in [6, 6.07) is 0. The fourth-order valence-electron chi connectivity index (χ4n) is 7.47. The van der Waals surface area contributed by atoms with Gasteiger partial charge in [-0.15, -0.1) is 0 Å². The van der Waals surface area contributed by atoms with Gasteiger partial charge in [-0.25, -0.2) is 0 Å². The van der Waals surface area contributed by atoms with Crippen LogP contribution in [0.25, 0.3) is 0 Å². The number of unbranched alkanes of at least 4 members (excludes halogenated alkanes) is 27. The molecule has 0 aliphatic carbocycles. The number of carbonyl (C=O) groups excluding carboxylic acids is 1. The average Bonchev–Trinajstić information content (AvgIpc) is 3.22. The van der Waals surface area contributed by atoms with Gasteiger partial charge in [0.2, 0.25) is 0 Å². The zero-order valence-corrected chi connectivity index (χ0v) is 37.6. The van der Waals surface area contributed by atoms with Crippen LogP contribution in [-0.4, -0.2) is 89.6 Å². The maximum Gasteiger partial charge on any atom is 0.306 e. The molecule has 1 rings (SSSR count). The summed E-state index contributed by atoms with van der Waals surface area (Å²) in [4.78, 5) is 12.7. The van der Waals surface area contributed by atoms with Gasteiger partial charge in [0.1, 0.15) is 30.5 Å². The van der Waals surface area contributed by atoms with Gasteiger partial charge in [0.15, 0.2) is 6.29 Å². The number of carbonyl (C=O) groups is 1. The van der Waals surface area contributed by atoms with Crippen LogP contribution in [-0.2, 0) is 23.7 Å². The van der Waals surface area contributed by atoms with Gasteiger partial charge in [0.25, 0.3) is 0 Å². The minimum absolute atomic E-state index is 0.114. The first-order valence-electron chi connectivity index (χ1n) is 24.4. The molecule has 0 aromatic rings. The molecule has 6 atom stereocenters. The molecule has 1 aliphatic heterocycles. The van der Waals surface area contributed by atoms with Crippen LogP contribution >= 0.6 is 0 Å². The molecular weight excluding hydrogens is 733 g/mol. The third kappa shape index (κ3) is 31.5. The van der Waals surface area contributed by atoms with E-state index >= 15 is 0 Å². The predicted molar refractivity (Wildman–Crippen MR) is 238 cm³/mol. The van der Waals surface area contributed by atoms with Gasteiger partial charge in [-0.2, -0.15) is 0 Å². The highest BCUT2D eigenvalue weighted by atomic mass is 16.7. The second-order valence-corrected chi connectivity index (χ2v) is 16.9. The van der Waals surface area contributed by atoms with Crippen LogP contribution < -0.4 is 0 Å². The Morgan fingerprint density at radius 3 is 1.45 bits per heavy atom. The third-order valence-corrected chi connectivity index (χ3v) is 11.3. The zero-order chi connectivity index (χ0) is 42.2. The molecule has 0 aromatic carbocycles. The maximum absolute atomic E-state index is 12.7.